The van der Waals surface area contributed by atoms with E-state index in [-0.39, 0.29) is 5.91 Å². The van der Waals surface area contributed by atoms with Gasteiger partial charge in [-0.2, -0.15) is 0 Å². The molecule has 1 N–H and O–H groups in total. The predicted molar refractivity (Wildman–Crippen MR) is 85.0 cm³/mol. The fourth-order valence-corrected chi connectivity index (χ4v) is 4.23. The number of hydrogen-bond acceptors (Lipinski definition) is 3. The summed E-state index contributed by atoms with van der Waals surface area (Å²) in [6.45, 7) is 0.534. The zero-order valence-electron chi connectivity index (χ0n) is 9.85. The van der Waals surface area contributed by atoms with Crippen LogP contribution in [0.15, 0.2) is 46.3 Å². The van der Waals surface area contributed by atoms with Gasteiger partial charge in [0.25, 0.3) is 5.91 Å². The molecule has 0 fully saturated rings. The van der Waals surface area contributed by atoms with Crippen molar-refractivity contribution in [1.29, 1.82) is 0 Å². The van der Waals surface area contributed by atoms with Gasteiger partial charge in [-0.1, -0.05) is 34.1 Å². The van der Waals surface area contributed by atoms with E-state index < -0.39 is 0 Å². The summed E-state index contributed by atoms with van der Waals surface area (Å²) in [5.41, 5.74) is 1.08. The molecule has 1 amide bonds. The van der Waals surface area contributed by atoms with Crippen LogP contribution in [0.25, 0.3) is 9.40 Å². The third kappa shape index (κ3) is 2.73. The second kappa shape index (κ2) is 5.45. The maximum atomic E-state index is 12.1. The first-order valence-corrected chi connectivity index (χ1v) is 8.21. The molecule has 0 aliphatic heterocycles. The van der Waals surface area contributed by atoms with E-state index in [1.54, 1.807) is 11.3 Å². The molecule has 0 aliphatic rings. The van der Waals surface area contributed by atoms with Gasteiger partial charge in [0.15, 0.2) is 0 Å². The van der Waals surface area contributed by atoms with E-state index in [0.29, 0.717) is 6.54 Å². The standard InChI is InChI=1S/C14H10BrNOS2/c15-10-4-2-1-3-9(10)8-16-14(17)13-7-12-11(19-13)5-6-18-12/h1-7H,8H2,(H,16,17). The molecule has 0 spiro atoms. The minimum absolute atomic E-state index is 0.0100. The Hall–Kier alpha value is -1.17. The Morgan fingerprint density at radius 1 is 1.21 bits per heavy atom. The van der Waals surface area contributed by atoms with Crippen LogP contribution in [0.2, 0.25) is 0 Å². The topological polar surface area (TPSA) is 29.1 Å². The molecule has 0 bridgehead atoms. The lowest BCUT2D eigenvalue weighted by molar-refractivity contribution is 0.0955. The molecule has 19 heavy (non-hydrogen) atoms. The van der Waals surface area contributed by atoms with Crippen molar-refractivity contribution in [2.75, 3.05) is 0 Å². The van der Waals surface area contributed by atoms with Gasteiger partial charge in [0.2, 0.25) is 0 Å². The maximum absolute atomic E-state index is 12.1. The minimum Gasteiger partial charge on any atom is -0.347 e. The fourth-order valence-electron chi connectivity index (χ4n) is 1.78. The molecule has 0 aliphatic carbocycles. The molecule has 0 atom stereocenters. The lowest BCUT2D eigenvalue weighted by Crippen LogP contribution is -2.21. The molecule has 3 rings (SSSR count). The van der Waals surface area contributed by atoms with Gasteiger partial charge >= 0.3 is 0 Å². The molecule has 0 unspecified atom stereocenters. The fraction of sp³-hybridized carbons (Fsp3) is 0.0714. The highest BCUT2D eigenvalue weighted by molar-refractivity contribution is 9.10. The summed E-state index contributed by atoms with van der Waals surface area (Å²) >= 11 is 6.68. The van der Waals surface area contributed by atoms with Gasteiger partial charge in [-0.05, 0) is 29.1 Å². The molecule has 2 nitrogen and oxygen atoms in total. The summed E-state index contributed by atoms with van der Waals surface area (Å²) in [7, 11) is 0. The van der Waals surface area contributed by atoms with Crippen LogP contribution in [-0.2, 0) is 6.54 Å². The Morgan fingerprint density at radius 3 is 2.84 bits per heavy atom. The number of halogens is 1. The van der Waals surface area contributed by atoms with Crippen LogP contribution >= 0.6 is 38.6 Å². The maximum Gasteiger partial charge on any atom is 0.261 e. The van der Waals surface area contributed by atoms with Crippen molar-refractivity contribution >= 4 is 53.9 Å². The highest BCUT2D eigenvalue weighted by Crippen LogP contribution is 2.29. The molecule has 0 radical (unpaired) electrons. The van der Waals surface area contributed by atoms with Crippen molar-refractivity contribution < 1.29 is 4.79 Å². The summed E-state index contributed by atoms with van der Waals surface area (Å²) in [4.78, 5) is 12.9. The van der Waals surface area contributed by atoms with E-state index in [1.807, 2.05) is 35.7 Å². The van der Waals surface area contributed by atoms with Crippen molar-refractivity contribution in [3.8, 4) is 0 Å². The van der Waals surface area contributed by atoms with Gasteiger partial charge in [-0.25, -0.2) is 0 Å². The lowest BCUT2D eigenvalue weighted by Gasteiger charge is -2.05. The highest BCUT2D eigenvalue weighted by Gasteiger charge is 2.11. The van der Waals surface area contributed by atoms with Crippen molar-refractivity contribution in [3.63, 3.8) is 0 Å². The van der Waals surface area contributed by atoms with Crippen molar-refractivity contribution in [1.82, 2.24) is 5.32 Å². The summed E-state index contributed by atoms with van der Waals surface area (Å²) < 4.78 is 3.37. The van der Waals surface area contributed by atoms with Crippen LogP contribution in [0, 0.1) is 0 Å². The molecule has 5 heteroatoms. The van der Waals surface area contributed by atoms with E-state index >= 15 is 0 Å². The predicted octanol–water partition coefficient (Wildman–Crippen LogP) is 4.66. The van der Waals surface area contributed by atoms with E-state index in [2.05, 4.69) is 27.3 Å². The molecule has 1 aromatic carbocycles. The number of carbonyl (C=O) groups excluding carboxylic acids is 1. The third-order valence-electron chi connectivity index (χ3n) is 2.76. The monoisotopic (exact) mass is 351 g/mol. The first-order valence-electron chi connectivity index (χ1n) is 5.72. The number of thiophene rings is 2. The molecule has 3 aromatic rings. The zero-order chi connectivity index (χ0) is 13.2. The minimum atomic E-state index is -0.0100. The van der Waals surface area contributed by atoms with Crippen LogP contribution in [-0.4, -0.2) is 5.91 Å². The van der Waals surface area contributed by atoms with E-state index in [0.717, 1.165) is 14.9 Å². The summed E-state index contributed by atoms with van der Waals surface area (Å²) in [6.07, 6.45) is 0. The first-order chi connectivity index (χ1) is 9.24. The first kappa shape index (κ1) is 12.8. The number of nitrogens with one attached hydrogen (secondary N) is 1. The number of benzene rings is 1. The van der Waals surface area contributed by atoms with Gasteiger partial charge in [0, 0.05) is 20.4 Å². The Labute approximate surface area is 127 Å². The van der Waals surface area contributed by atoms with Crippen LogP contribution in [0.1, 0.15) is 15.2 Å². The molecule has 0 saturated carbocycles. The SMILES string of the molecule is O=C(NCc1ccccc1Br)c1cc2sccc2s1. The molecule has 0 saturated heterocycles. The molecule has 96 valence electrons. The summed E-state index contributed by atoms with van der Waals surface area (Å²) in [5, 5.41) is 5.00. The number of hydrogen-bond donors (Lipinski definition) is 1. The average Bonchev–Trinajstić information content (AvgIpc) is 2.98. The van der Waals surface area contributed by atoms with Gasteiger partial charge in [0.05, 0.1) is 4.88 Å². The summed E-state index contributed by atoms with van der Waals surface area (Å²) in [5.74, 6) is -0.0100. The normalized spacial score (nSPS) is 10.8. The third-order valence-corrected chi connectivity index (χ3v) is 5.63. The number of amides is 1. The quantitative estimate of drug-likeness (QED) is 0.730. The zero-order valence-corrected chi connectivity index (χ0v) is 13.1. The van der Waals surface area contributed by atoms with Gasteiger partial charge < -0.3 is 5.32 Å². The largest absolute Gasteiger partial charge is 0.347 e. The average molecular weight is 352 g/mol. The molecular weight excluding hydrogens is 342 g/mol. The van der Waals surface area contributed by atoms with Crippen molar-refractivity contribution in [3.05, 3.63) is 56.7 Å². The van der Waals surface area contributed by atoms with Crippen LogP contribution < -0.4 is 5.32 Å². The Balaban J connectivity index is 1.72. The van der Waals surface area contributed by atoms with E-state index in [9.17, 15) is 4.79 Å². The second-order valence-electron chi connectivity index (χ2n) is 4.03. The molecule has 2 aromatic heterocycles. The van der Waals surface area contributed by atoms with Gasteiger partial charge in [0.1, 0.15) is 0 Å². The second-order valence-corrected chi connectivity index (χ2v) is 6.92. The Kier molecular flexibility index (Phi) is 3.68. The summed E-state index contributed by atoms with van der Waals surface area (Å²) in [6, 6.07) is 11.9. The molecule has 2 heterocycles. The lowest BCUT2D eigenvalue weighted by atomic mass is 10.2. The van der Waals surface area contributed by atoms with Crippen LogP contribution in [0.4, 0.5) is 0 Å². The Bertz CT molecular complexity index is 703. The molecular formula is C14H10BrNOS2. The smallest absolute Gasteiger partial charge is 0.261 e. The van der Waals surface area contributed by atoms with Crippen LogP contribution in [0.3, 0.4) is 0 Å². The Morgan fingerprint density at radius 2 is 2.05 bits per heavy atom. The van der Waals surface area contributed by atoms with Gasteiger partial charge in [-0.3, -0.25) is 4.79 Å². The van der Waals surface area contributed by atoms with Crippen molar-refractivity contribution in [2.24, 2.45) is 0 Å². The van der Waals surface area contributed by atoms with E-state index in [1.165, 1.54) is 20.7 Å². The van der Waals surface area contributed by atoms with Crippen LogP contribution in [0.5, 0.6) is 0 Å². The van der Waals surface area contributed by atoms with Crippen molar-refractivity contribution in [2.45, 2.75) is 6.54 Å². The number of rotatable bonds is 3. The van der Waals surface area contributed by atoms with E-state index in [4.69, 9.17) is 0 Å². The number of carbonyl (C=O) groups is 1. The van der Waals surface area contributed by atoms with Gasteiger partial charge in [-0.15, -0.1) is 22.7 Å². The number of fused-ring (bicyclic) bond motifs is 1. The highest BCUT2D eigenvalue weighted by atomic mass is 79.9.